The molecule has 0 saturated carbocycles. The Hall–Kier alpha value is -1.92. The van der Waals surface area contributed by atoms with Gasteiger partial charge in [0.15, 0.2) is 23.0 Å². The van der Waals surface area contributed by atoms with Gasteiger partial charge in [-0.25, -0.2) is 0 Å². The summed E-state index contributed by atoms with van der Waals surface area (Å²) < 4.78 is 22.8. The smallest absolute Gasteiger partial charge is 0.174 e. The predicted molar refractivity (Wildman–Crippen MR) is 110 cm³/mol. The minimum Gasteiger partial charge on any atom is -0.493 e. The lowest BCUT2D eigenvalue weighted by Gasteiger charge is -2.35. The minimum absolute atomic E-state index is 0.249. The van der Waals surface area contributed by atoms with Gasteiger partial charge in [0.05, 0.1) is 32.9 Å². The van der Waals surface area contributed by atoms with Crippen molar-refractivity contribution < 1.29 is 18.9 Å². The lowest BCUT2D eigenvalue weighted by atomic mass is 9.88. The fourth-order valence-corrected chi connectivity index (χ4v) is 4.38. The molecule has 5 nitrogen and oxygen atoms in total. The molecule has 1 aliphatic rings. The highest BCUT2D eigenvalue weighted by Crippen LogP contribution is 2.41. The van der Waals surface area contributed by atoms with Crippen LogP contribution in [-0.2, 0) is 12.8 Å². The second-order valence-electron chi connectivity index (χ2n) is 6.67. The Kier molecular flexibility index (Phi) is 6.17. The number of fused-ring (bicyclic) bond motifs is 1. The van der Waals surface area contributed by atoms with Gasteiger partial charge in [-0.05, 0) is 76.8 Å². The Balaban J connectivity index is 2.00. The summed E-state index contributed by atoms with van der Waals surface area (Å²) in [5, 5.41) is 0. The molecule has 0 bridgehead atoms. The molecule has 0 N–H and O–H groups in total. The molecule has 1 heterocycles. The number of rotatable bonds is 6. The van der Waals surface area contributed by atoms with Crippen molar-refractivity contribution >= 4 is 15.9 Å². The van der Waals surface area contributed by atoms with Crippen molar-refractivity contribution in [2.24, 2.45) is 0 Å². The molecule has 2 aromatic rings. The highest BCUT2D eigenvalue weighted by molar-refractivity contribution is 9.10. The van der Waals surface area contributed by atoms with Gasteiger partial charge in [0.25, 0.3) is 0 Å². The summed E-state index contributed by atoms with van der Waals surface area (Å²) in [6, 6.07) is 8.62. The summed E-state index contributed by atoms with van der Waals surface area (Å²) in [7, 11) is 8.83. The van der Waals surface area contributed by atoms with Crippen LogP contribution in [0.1, 0.15) is 22.7 Å². The van der Waals surface area contributed by atoms with Crippen molar-refractivity contribution in [1.82, 2.24) is 4.90 Å². The number of hydrogen-bond acceptors (Lipinski definition) is 5. The lowest BCUT2D eigenvalue weighted by Crippen LogP contribution is -2.33. The van der Waals surface area contributed by atoms with Crippen LogP contribution in [0.3, 0.4) is 0 Å². The van der Waals surface area contributed by atoms with Crippen LogP contribution >= 0.6 is 15.9 Å². The van der Waals surface area contributed by atoms with Gasteiger partial charge in [0.2, 0.25) is 0 Å². The van der Waals surface area contributed by atoms with E-state index >= 15 is 0 Å². The van der Waals surface area contributed by atoms with E-state index in [4.69, 9.17) is 18.9 Å². The van der Waals surface area contributed by atoms with Gasteiger partial charge < -0.3 is 18.9 Å². The summed E-state index contributed by atoms with van der Waals surface area (Å²) >= 11 is 3.60. The molecule has 0 saturated heterocycles. The van der Waals surface area contributed by atoms with Crippen molar-refractivity contribution in [3.63, 3.8) is 0 Å². The summed E-state index contributed by atoms with van der Waals surface area (Å²) in [6.07, 6.45) is 1.86. The van der Waals surface area contributed by atoms with Crippen LogP contribution in [0.5, 0.6) is 23.0 Å². The zero-order valence-corrected chi connectivity index (χ0v) is 18.1. The van der Waals surface area contributed by atoms with Crippen molar-refractivity contribution in [3.8, 4) is 23.0 Å². The normalized spacial score (nSPS) is 16.6. The van der Waals surface area contributed by atoms with Gasteiger partial charge in [-0.15, -0.1) is 0 Å². The van der Waals surface area contributed by atoms with Crippen LogP contribution in [0.4, 0.5) is 0 Å². The molecule has 6 heteroatoms. The van der Waals surface area contributed by atoms with E-state index in [0.29, 0.717) is 5.75 Å². The number of hydrogen-bond donors (Lipinski definition) is 0. The van der Waals surface area contributed by atoms with Crippen molar-refractivity contribution in [1.29, 1.82) is 0 Å². The monoisotopic (exact) mass is 435 g/mol. The van der Waals surface area contributed by atoms with E-state index in [1.807, 2.05) is 6.07 Å². The van der Waals surface area contributed by atoms with Crippen LogP contribution in [0.2, 0.25) is 0 Å². The van der Waals surface area contributed by atoms with Gasteiger partial charge in [-0.2, -0.15) is 0 Å². The van der Waals surface area contributed by atoms with Crippen molar-refractivity contribution in [2.75, 3.05) is 42.0 Å². The van der Waals surface area contributed by atoms with Crippen LogP contribution in [-0.4, -0.2) is 46.9 Å². The molecule has 0 spiro atoms. The molecule has 2 aromatic carbocycles. The molecule has 1 atom stereocenters. The number of likely N-dealkylation sites (N-methyl/N-ethyl adjacent to an activating group) is 1. The molecular formula is C21H26BrNO4. The Morgan fingerprint density at radius 2 is 1.59 bits per heavy atom. The third-order valence-electron chi connectivity index (χ3n) is 5.19. The maximum absolute atomic E-state index is 5.53. The van der Waals surface area contributed by atoms with E-state index in [9.17, 15) is 0 Å². The first kappa shape index (κ1) is 19.8. The molecule has 0 fully saturated rings. The lowest BCUT2D eigenvalue weighted by molar-refractivity contribution is 0.227. The average molecular weight is 436 g/mol. The number of ether oxygens (including phenoxy) is 4. The van der Waals surface area contributed by atoms with Crippen LogP contribution in [0, 0.1) is 0 Å². The maximum Gasteiger partial charge on any atom is 0.174 e. The van der Waals surface area contributed by atoms with Gasteiger partial charge in [-0.3, -0.25) is 4.90 Å². The first-order chi connectivity index (χ1) is 13.0. The topological polar surface area (TPSA) is 40.2 Å². The van der Waals surface area contributed by atoms with E-state index in [-0.39, 0.29) is 6.04 Å². The van der Waals surface area contributed by atoms with E-state index in [1.165, 1.54) is 16.7 Å². The summed E-state index contributed by atoms with van der Waals surface area (Å²) in [4.78, 5) is 2.39. The zero-order valence-electron chi connectivity index (χ0n) is 16.5. The standard InChI is InChI=1S/C21H26BrNO4/c1-23-7-6-14-11-18(24-2)19(25-3)12-15(14)17(23)9-13-8-16(22)21(27-5)20(10-13)26-4/h8,10-12,17H,6-7,9H2,1-5H3. The first-order valence-electron chi connectivity index (χ1n) is 8.87. The molecule has 3 rings (SSSR count). The van der Waals surface area contributed by atoms with E-state index < -0.39 is 0 Å². The fourth-order valence-electron chi connectivity index (χ4n) is 3.73. The highest BCUT2D eigenvalue weighted by Gasteiger charge is 2.27. The summed E-state index contributed by atoms with van der Waals surface area (Å²) in [6.45, 7) is 1.00. The predicted octanol–water partition coefficient (Wildman–Crippen LogP) is 4.26. The Morgan fingerprint density at radius 3 is 2.22 bits per heavy atom. The summed E-state index contributed by atoms with van der Waals surface area (Å²) in [5.41, 5.74) is 3.78. The molecule has 146 valence electrons. The second-order valence-corrected chi connectivity index (χ2v) is 7.52. The third kappa shape index (κ3) is 3.87. The van der Waals surface area contributed by atoms with Gasteiger partial charge in [-0.1, -0.05) is 0 Å². The van der Waals surface area contributed by atoms with Crippen molar-refractivity contribution in [2.45, 2.75) is 18.9 Å². The fraction of sp³-hybridized carbons (Fsp3) is 0.429. The van der Waals surface area contributed by atoms with E-state index in [0.717, 1.165) is 41.1 Å². The SMILES string of the molecule is COc1cc2c(cc1OC)C(Cc1cc(Br)c(OC)c(OC)c1)N(C)CC2. The second kappa shape index (κ2) is 8.40. The van der Waals surface area contributed by atoms with Gasteiger partial charge >= 0.3 is 0 Å². The zero-order chi connectivity index (χ0) is 19.6. The largest absolute Gasteiger partial charge is 0.493 e. The quantitative estimate of drug-likeness (QED) is 0.677. The minimum atomic E-state index is 0.249. The molecular weight excluding hydrogens is 410 g/mol. The third-order valence-corrected chi connectivity index (χ3v) is 5.78. The average Bonchev–Trinajstić information content (AvgIpc) is 2.68. The number of benzene rings is 2. The molecule has 1 aliphatic heterocycles. The van der Waals surface area contributed by atoms with Gasteiger partial charge in [0.1, 0.15) is 0 Å². The molecule has 0 amide bonds. The first-order valence-corrected chi connectivity index (χ1v) is 9.67. The molecule has 0 aliphatic carbocycles. The van der Waals surface area contributed by atoms with E-state index in [2.05, 4.69) is 46.1 Å². The van der Waals surface area contributed by atoms with Crippen LogP contribution in [0.25, 0.3) is 0 Å². The number of nitrogens with zero attached hydrogens (tertiary/aromatic N) is 1. The van der Waals surface area contributed by atoms with Crippen LogP contribution < -0.4 is 18.9 Å². The van der Waals surface area contributed by atoms with Crippen molar-refractivity contribution in [3.05, 3.63) is 45.4 Å². The molecule has 0 aromatic heterocycles. The van der Waals surface area contributed by atoms with Gasteiger partial charge in [0, 0.05) is 12.6 Å². The number of halogens is 1. The Morgan fingerprint density at radius 1 is 0.926 bits per heavy atom. The molecule has 27 heavy (non-hydrogen) atoms. The van der Waals surface area contributed by atoms with Crippen LogP contribution in [0.15, 0.2) is 28.7 Å². The Bertz CT molecular complexity index is 824. The molecule has 0 radical (unpaired) electrons. The maximum atomic E-state index is 5.53. The van der Waals surface area contributed by atoms with E-state index in [1.54, 1.807) is 28.4 Å². The molecule has 1 unspecified atom stereocenters. The summed E-state index contributed by atoms with van der Waals surface area (Å²) in [5.74, 6) is 3.00. The highest BCUT2D eigenvalue weighted by atomic mass is 79.9. The Labute approximate surface area is 169 Å². The number of methoxy groups -OCH3 is 4.